The number of pyridine rings is 1. The first-order chi connectivity index (χ1) is 15.4. The number of carboxylic acid groups (broad SMARTS) is 1. The minimum absolute atomic E-state index is 0.176. The molecule has 0 aliphatic carbocycles. The van der Waals surface area contributed by atoms with Crippen molar-refractivity contribution in [2.75, 3.05) is 7.11 Å². The van der Waals surface area contributed by atoms with Crippen LogP contribution in [0.15, 0.2) is 53.6 Å². The fourth-order valence-corrected chi connectivity index (χ4v) is 4.17. The molecule has 9 heteroatoms. The lowest BCUT2D eigenvalue weighted by Crippen LogP contribution is -2.27. The molecule has 2 aromatic carbocycles. The van der Waals surface area contributed by atoms with E-state index in [1.165, 1.54) is 5.01 Å². The summed E-state index contributed by atoms with van der Waals surface area (Å²) in [4.78, 5) is 28.4. The molecule has 7 nitrogen and oxygen atoms in total. The SMILES string of the molecule is COc1cccc2cc(C3CC(c4cccc(Cl)c4)=NN3C(=O)CCC(=O)O)c(Cl)nc12. The molecule has 1 amide bonds. The molecule has 0 bridgehead atoms. The highest BCUT2D eigenvalue weighted by Crippen LogP contribution is 2.39. The Morgan fingerprint density at radius 2 is 1.94 bits per heavy atom. The van der Waals surface area contributed by atoms with Gasteiger partial charge in [0.25, 0.3) is 0 Å². The number of rotatable bonds is 6. The molecule has 164 valence electrons. The molecule has 1 N–H and O–H groups in total. The number of carbonyl (C=O) groups excluding carboxylic acids is 1. The number of aromatic nitrogens is 1. The van der Waals surface area contributed by atoms with Gasteiger partial charge in [-0.15, -0.1) is 0 Å². The number of carboxylic acids is 1. The number of ether oxygens (including phenoxy) is 1. The molecule has 0 saturated heterocycles. The second-order valence-corrected chi connectivity index (χ2v) is 8.10. The molecule has 0 saturated carbocycles. The van der Waals surface area contributed by atoms with E-state index >= 15 is 0 Å². The van der Waals surface area contributed by atoms with Crippen molar-refractivity contribution in [2.24, 2.45) is 5.10 Å². The summed E-state index contributed by atoms with van der Waals surface area (Å²) in [6.07, 6.45) is -0.0778. The number of carbonyl (C=O) groups is 2. The maximum atomic E-state index is 12.9. The van der Waals surface area contributed by atoms with Crippen LogP contribution in [0, 0.1) is 0 Å². The molecule has 1 aliphatic rings. The summed E-state index contributed by atoms with van der Waals surface area (Å²) in [5.74, 6) is -0.866. The summed E-state index contributed by atoms with van der Waals surface area (Å²) in [7, 11) is 1.56. The molecule has 1 atom stereocenters. The smallest absolute Gasteiger partial charge is 0.303 e. The predicted molar refractivity (Wildman–Crippen MR) is 122 cm³/mol. The van der Waals surface area contributed by atoms with E-state index in [0.29, 0.717) is 34.0 Å². The number of benzene rings is 2. The second-order valence-electron chi connectivity index (χ2n) is 7.31. The summed E-state index contributed by atoms with van der Waals surface area (Å²) in [5, 5.41) is 16.4. The number of halogens is 2. The van der Waals surface area contributed by atoms with Crippen molar-refractivity contribution in [2.45, 2.75) is 25.3 Å². The van der Waals surface area contributed by atoms with Crippen LogP contribution in [0.5, 0.6) is 5.75 Å². The van der Waals surface area contributed by atoms with E-state index < -0.39 is 17.9 Å². The number of hydrogen-bond acceptors (Lipinski definition) is 5. The van der Waals surface area contributed by atoms with Crippen molar-refractivity contribution < 1.29 is 19.4 Å². The van der Waals surface area contributed by atoms with Gasteiger partial charge in [0.1, 0.15) is 16.4 Å². The molecule has 0 fully saturated rings. The zero-order valence-electron chi connectivity index (χ0n) is 17.1. The highest BCUT2D eigenvalue weighted by atomic mass is 35.5. The van der Waals surface area contributed by atoms with E-state index in [0.717, 1.165) is 10.9 Å². The lowest BCUT2D eigenvalue weighted by Gasteiger charge is -2.23. The number of aliphatic carboxylic acids is 1. The summed E-state index contributed by atoms with van der Waals surface area (Å²) >= 11 is 12.7. The average molecular weight is 472 g/mol. The Hall–Kier alpha value is -3.16. The van der Waals surface area contributed by atoms with Crippen LogP contribution in [-0.4, -0.2) is 39.8 Å². The van der Waals surface area contributed by atoms with Gasteiger partial charge in [0.05, 0.1) is 25.3 Å². The van der Waals surface area contributed by atoms with Gasteiger partial charge in [0.2, 0.25) is 5.91 Å². The van der Waals surface area contributed by atoms with E-state index in [-0.39, 0.29) is 18.0 Å². The molecular formula is C23H19Cl2N3O4. The normalized spacial score (nSPS) is 15.7. The van der Waals surface area contributed by atoms with Gasteiger partial charge in [-0.2, -0.15) is 5.10 Å². The van der Waals surface area contributed by atoms with Crippen molar-refractivity contribution in [3.05, 3.63) is 69.8 Å². The Morgan fingerprint density at radius 3 is 2.66 bits per heavy atom. The molecule has 3 aromatic rings. The van der Waals surface area contributed by atoms with Gasteiger partial charge in [-0.05, 0) is 29.8 Å². The van der Waals surface area contributed by atoms with Crippen LogP contribution in [0.1, 0.15) is 36.4 Å². The van der Waals surface area contributed by atoms with E-state index in [4.69, 9.17) is 33.0 Å². The number of hydrazone groups is 1. The zero-order chi connectivity index (χ0) is 22.8. The van der Waals surface area contributed by atoms with Gasteiger partial charge >= 0.3 is 5.97 Å². The Balaban J connectivity index is 1.76. The molecule has 1 aromatic heterocycles. The van der Waals surface area contributed by atoms with E-state index in [1.54, 1.807) is 31.4 Å². The van der Waals surface area contributed by atoms with Crippen LogP contribution in [-0.2, 0) is 9.59 Å². The van der Waals surface area contributed by atoms with Gasteiger partial charge in [-0.3, -0.25) is 9.59 Å². The Morgan fingerprint density at radius 1 is 1.16 bits per heavy atom. The van der Waals surface area contributed by atoms with E-state index in [1.807, 2.05) is 24.3 Å². The third-order valence-corrected chi connectivity index (χ3v) is 5.78. The third-order valence-electron chi connectivity index (χ3n) is 5.24. The monoisotopic (exact) mass is 471 g/mol. The van der Waals surface area contributed by atoms with Crippen LogP contribution < -0.4 is 4.74 Å². The van der Waals surface area contributed by atoms with Gasteiger partial charge in [0, 0.05) is 28.8 Å². The highest BCUT2D eigenvalue weighted by Gasteiger charge is 2.35. The predicted octanol–water partition coefficient (Wildman–Crippen LogP) is 5.09. The number of fused-ring (bicyclic) bond motifs is 1. The number of methoxy groups -OCH3 is 1. The molecule has 32 heavy (non-hydrogen) atoms. The Labute approximate surface area is 194 Å². The first kappa shape index (κ1) is 22.0. The van der Waals surface area contributed by atoms with Crippen molar-refractivity contribution in [1.29, 1.82) is 0 Å². The summed E-state index contributed by atoms with van der Waals surface area (Å²) in [6, 6.07) is 14.1. The maximum Gasteiger partial charge on any atom is 0.303 e. The molecular weight excluding hydrogens is 453 g/mol. The maximum absolute atomic E-state index is 12.9. The second kappa shape index (κ2) is 9.14. The van der Waals surface area contributed by atoms with Crippen molar-refractivity contribution in [3.63, 3.8) is 0 Å². The number of para-hydroxylation sites is 1. The van der Waals surface area contributed by atoms with Crippen LogP contribution in [0.25, 0.3) is 10.9 Å². The molecule has 1 unspecified atom stereocenters. The largest absolute Gasteiger partial charge is 0.494 e. The summed E-state index contributed by atoms with van der Waals surface area (Å²) < 4.78 is 5.37. The topological polar surface area (TPSA) is 92.1 Å². The molecule has 0 radical (unpaired) electrons. The van der Waals surface area contributed by atoms with Gasteiger partial charge in [0.15, 0.2) is 0 Å². The van der Waals surface area contributed by atoms with Crippen molar-refractivity contribution >= 4 is 51.7 Å². The fourth-order valence-electron chi connectivity index (χ4n) is 3.72. The minimum Gasteiger partial charge on any atom is -0.494 e. The first-order valence-corrected chi connectivity index (χ1v) is 10.6. The summed E-state index contributed by atoms with van der Waals surface area (Å²) in [6.45, 7) is 0. The van der Waals surface area contributed by atoms with E-state index in [9.17, 15) is 9.59 Å². The van der Waals surface area contributed by atoms with Crippen LogP contribution in [0.3, 0.4) is 0 Å². The van der Waals surface area contributed by atoms with Gasteiger partial charge in [-0.1, -0.05) is 47.5 Å². The molecule has 1 aliphatic heterocycles. The average Bonchev–Trinajstić information content (AvgIpc) is 3.22. The van der Waals surface area contributed by atoms with Crippen molar-refractivity contribution in [1.82, 2.24) is 9.99 Å². The molecule has 2 heterocycles. The highest BCUT2D eigenvalue weighted by molar-refractivity contribution is 6.31. The zero-order valence-corrected chi connectivity index (χ0v) is 18.6. The molecule has 4 rings (SSSR count). The van der Waals surface area contributed by atoms with Gasteiger partial charge < -0.3 is 9.84 Å². The van der Waals surface area contributed by atoms with Crippen LogP contribution in [0.2, 0.25) is 10.2 Å². The lowest BCUT2D eigenvalue weighted by molar-refractivity contribution is -0.141. The van der Waals surface area contributed by atoms with Crippen molar-refractivity contribution in [3.8, 4) is 5.75 Å². The Kier molecular flexibility index (Phi) is 6.30. The molecule has 0 spiro atoms. The lowest BCUT2D eigenvalue weighted by atomic mass is 9.98. The fraction of sp³-hybridized carbons (Fsp3) is 0.217. The van der Waals surface area contributed by atoms with E-state index in [2.05, 4.69) is 10.1 Å². The van der Waals surface area contributed by atoms with Crippen LogP contribution in [0.4, 0.5) is 0 Å². The number of nitrogens with zero attached hydrogens (tertiary/aromatic N) is 3. The third kappa shape index (κ3) is 4.40. The number of hydrogen-bond donors (Lipinski definition) is 1. The number of amides is 1. The standard InChI is InChI=1S/C23H19Cl2N3O4/c1-32-19-7-3-5-14-11-16(23(25)26-22(14)19)18-12-17(13-4-2-6-15(24)10-13)27-28(18)20(29)8-9-21(30)31/h2-7,10-11,18H,8-9,12H2,1H3,(H,30,31). The Bertz CT molecular complexity index is 1250. The minimum atomic E-state index is -1.05. The summed E-state index contributed by atoms with van der Waals surface area (Å²) in [5.41, 5.74) is 2.67. The first-order valence-electron chi connectivity index (χ1n) is 9.88. The van der Waals surface area contributed by atoms with Crippen LogP contribution >= 0.6 is 23.2 Å². The quantitative estimate of drug-likeness (QED) is 0.505. The van der Waals surface area contributed by atoms with Gasteiger partial charge in [-0.25, -0.2) is 9.99 Å².